The summed E-state index contributed by atoms with van der Waals surface area (Å²) in [5.74, 6) is -0.759. The SMILES string of the molecule is N#Cc1cc(Cl)ccc1NCC1(C(=O)O)CCCC1. The molecule has 0 radical (unpaired) electrons. The van der Waals surface area contributed by atoms with E-state index in [2.05, 4.69) is 11.4 Å². The predicted octanol–water partition coefficient (Wildman–Crippen LogP) is 3.27. The highest BCUT2D eigenvalue weighted by molar-refractivity contribution is 6.30. The molecule has 1 saturated carbocycles. The molecule has 1 fully saturated rings. The van der Waals surface area contributed by atoms with Crippen LogP contribution in [0.3, 0.4) is 0 Å². The number of carboxylic acid groups (broad SMARTS) is 1. The number of carboxylic acids is 1. The lowest BCUT2D eigenvalue weighted by Crippen LogP contribution is -2.35. The normalized spacial score (nSPS) is 16.8. The van der Waals surface area contributed by atoms with Crippen LogP contribution < -0.4 is 5.32 Å². The number of nitrogens with one attached hydrogen (secondary N) is 1. The van der Waals surface area contributed by atoms with Gasteiger partial charge in [-0.2, -0.15) is 5.26 Å². The topological polar surface area (TPSA) is 73.1 Å². The highest BCUT2D eigenvalue weighted by Gasteiger charge is 2.41. The first-order chi connectivity index (χ1) is 9.07. The molecule has 19 heavy (non-hydrogen) atoms. The van der Waals surface area contributed by atoms with E-state index in [-0.39, 0.29) is 0 Å². The molecule has 0 atom stereocenters. The number of nitrogens with zero attached hydrogens (tertiary/aromatic N) is 1. The minimum atomic E-state index is -0.759. The number of anilines is 1. The zero-order chi connectivity index (χ0) is 13.9. The summed E-state index contributed by atoms with van der Waals surface area (Å²) in [5.41, 5.74) is 0.372. The first-order valence-corrected chi connectivity index (χ1v) is 6.62. The van der Waals surface area contributed by atoms with Crippen molar-refractivity contribution in [2.75, 3.05) is 11.9 Å². The lowest BCUT2D eigenvalue weighted by atomic mass is 9.86. The molecule has 100 valence electrons. The van der Waals surface area contributed by atoms with Gasteiger partial charge in [0.1, 0.15) is 6.07 Å². The standard InChI is InChI=1S/C14H15ClN2O2/c15-11-3-4-12(10(7-11)8-16)17-9-14(13(18)19)5-1-2-6-14/h3-4,7,17H,1-2,5-6,9H2,(H,18,19). The highest BCUT2D eigenvalue weighted by Crippen LogP contribution is 2.38. The molecule has 1 aliphatic carbocycles. The second-order valence-corrected chi connectivity index (χ2v) is 5.38. The van der Waals surface area contributed by atoms with E-state index >= 15 is 0 Å². The van der Waals surface area contributed by atoms with Crippen LogP contribution in [0.5, 0.6) is 0 Å². The van der Waals surface area contributed by atoms with Gasteiger partial charge in [0.15, 0.2) is 0 Å². The minimum Gasteiger partial charge on any atom is -0.481 e. The van der Waals surface area contributed by atoms with Crippen molar-refractivity contribution in [2.24, 2.45) is 5.41 Å². The zero-order valence-electron chi connectivity index (χ0n) is 10.4. The molecule has 0 heterocycles. The number of hydrogen-bond donors (Lipinski definition) is 2. The van der Waals surface area contributed by atoms with E-state index in [1.54, 1.807) is 18.2 Å². The number of rotatable bonds is 4. The lowest BCUT2D eigenvalue weighted by molar-refractivity contribution is -0.147. The van der Waals surface area contributed by atoms with Gasteiger partial charge in [-0.15, -0.1) is 0 Å². The lowest BCUT2D eigenvalue weighted by Gasteiger charge is -2.24. The minimum absolute atomic E-state index is 0.346. The Balaban J connectivity index is 2.14. The quantitative estimate of drug-likeness (QED) is 0.886. The molecule has 1 aromatic carbocycles. The average molecular weight is 279 g/mol. The molecule has 4 nitrogen and oxygen atoms in total. The Morgan fingerprint density at radius 2 is 2.16 bits per heavy atom. The number of nitriles is 1. The van der Waals surface area contributed by atoms with Gasteiger partial charge in [0.05, 0.1) is 16.7 Å². The van der Waals surface area contributed by atoms with E-state index in [0.717, 1.165) is 12.8 Å². The van der Waals surface area contributed by atoms with Crippen molar-refractivity contribution in [3.63, 3.8) is 0 Å². The van der Waals surface area contributed by atoms with Crippen molar-refractivity contribution >= 4 is 23.3 Å². The third kappa shape index (κ3) is 2.82. The molecule has 2 N–H and O–H groups in total. The Hall–Kier alpha value is -1.73. The molecule has 5 heteroatoms. The van der Waals surface area contributed by atoms with Gasteiger partial charge in [-0.25, -0.2) is 0 Å². The van der Waals surface area contributed by atoms with E-state index in [9.17, 15) is 9.90 Å². The second-order valence-electron chi connectivity index (χ2n) is 4.95. The number of aliphatic carboxylic acids is 1. The van der Waals surface area contributed by atoms with Crippen LogP contribution in [0.1, 0.15) is 31.2 Å². The van der Waals surface area contributed by atoms with E-state index in [1.807, 2.05) is 0 Å². The highest BCUT2D eigenvalue weighted by atomic mass is 35.5. The van der Waals surface area contributed by atoms with Gasteiger partial charge in [-0.3, -0.25) is 4.79 Å². The maximum Gasteiger partial charge on any atom is 0.311 e. The van der Waals surface area contributed by atoms with Crippen LogP contribution in [0.15, 0.2) is 18.2 Å². The van der Waals surface area contributed by atoms with Crippen LogP contribution in [0.25, 0.3) is 0 Å². The summed E-state index contributed by atoms with van der Waals surface area (Å²) in [4.78, 5) is 11.4. The van der Waals surface area contributed by atoms with Crippen molar-refractivity contribution in [1.82, 2.24) is 0 Å². The fourth-order valence-corrected chi connectivity index (χ4v) is 2.72. The second kappa shape index (κ2) is 5.50. The summed E-state index contributed by atoms with van der Waals surface area (Å²) in [6.45, 7) is 0.346. The molecule has 0 saturated heterocycles. The predicted molar refractivity (Wildman–Crippen MR) is 73.2 cm³/mol. The van der Waals surface area contributed by atoms with Crippen LogP contribution in [-0.4, -0.2) is 17.6 Å². The van der Waals surface area contributed by atoms with Gasteiger partial charge in [0.2, 0.25) is 0 Å². The van der Waals surface area contributed by atoms with Crippen LogP contribution in [-0.2, 0) is 4.79 Å². The Morgan fingerprint density at radius 1 is 1.47 bits per heavy atom. The first kappa shape index (κ1) is 13.7. The Bertz CT molecular complexity index is 531. The smallest absolute Gasteiger partial charge is 0.311 e. The monoisotopic (exact) mass is 278 g/mol. The van der Waals surface area contributed by atoms with Crippen molar-refractivity contribution < 1.29 is 9.90 Å². The van der Waals surface area contributed by atoms with E-state index in [0.29, 0.717) is 35.7 Å². The summed E-state index contributed by atoms with van der Waals surface area (Å²) in [5, 5.41) is 22.0. The molecular weight excluding hydrogens is 264 g/mol. The Morgan fingerprint density at radius 3 is 2.74 bits per heavy atom. The molecule has 1 aliphatic rings. The maximum absolute atomic E-state index is 11.4. The first-order valence-electron chi connectivity index (χ1n) is 6.24. The largest absolute Gasteiger partial charge is 0.481 e. The summed E-state index contributed by atoms with van der Waals surface area (Å²) in [6, 6.07) is 7.04. The Kier molecular flexibility index (Phi) is 3.96. The third-order valence-corrected chi connectivity index (χ3v) is 3.97. The van der Waals surface area contributed by atoms with Gasteiger partial charge in [-0.1, -0.05) is 24.4 Å². The zero-order valence-corrected chi connectivity index (χ0v) is 11.2. The summed E-state index contributed by atoms with van der Waals surface area (Å²) >= 11 is 5.83. The number of carbonyl (C=O) groups is 1. The van der Waals surface area contributed by atoms with Crippen molar-refractivity contribution in [2.45, 2.75) is 25.7 Å². The molecular formula is C14H15ClN2O2. The number of benzene rings is 1. The van der Waals surface area contributed by atoms with Crippen LogP contribution in [0.4, 0.5) is 5.69 Å². The Labute approximate surface area is 117 Å². The molecule has 0 bridgehead atoms. The van der Waals surface area contributed by atoms with Crippen molar-refractivity contribution in [3.05, 3.63) is 28.8 Å². The van der Waals surface area contributed by atoms with Crippen molar-refractivity contribution in [3.8, 4) is 6.07 Å². The fraction of sp³-hybridized carbons (Fsp3) is 0.429. The molecule has 1 aromatic rings. The van der Waals surface area contributed by atoms with Crippen LogP contribution in [0.2, 0.25) is 5.02 Å². The van der Waals surface area contributed by atoms with E-state index in [4.69, 9.17) is 16.9 Å². The van der Waals surface area contributed by atoms with Gasteiger partial charge >= 0.3 is 5.97 Å². The number of hydrogen-bond acceptors (Lipinski definition) is 3. The van der Waals surface area contributed by atoms with E-state index < -0.39 is 11.4 Å². The number of halogens is 1. The molecule has 0 amide bonds. The van der Waals surface area contributed by atoms with Gasteiger partial charge in [0, 0.05) is 11.6 Å². The summed E-state index contributed by atoms with van der Waals surface area (Å²) < 4.78 is 0. The molecule has 0 unspecified atom stereocenters. The summed E-state index contributed by atoms with van der Waals surface area (Å²) in [6.07, 6.45) is 3.26. The summed E-state index contributed by atoms with van der Waals surface area (Å²) in [7, 11) is 0. The van der Waals surface area contributed by atoms with Gasteiger partial charge in [-0.05, 0) is 31.0 Å². The van der Waals surface area contributed by atoms with Crippen LogP contribution in [0, 0.1) is 16.7 Å². The van der Waals surface area contributed by atoms with Gasteiger partial charge in [0.25, 0.3) is 0 Å². The van der Waals surface area contributed by atoms with E-state index in [1.165, 1.54) is 0 Å². The molecule has 0 aliphatic heterocycles. The maximum atomic E-state index is 11.4. The average Bonchev–Trinajstić information content (AvgIpc) is 2.87. The fourth-order valence-electron chi connectivity index (χ4n) is 2.55. The molecule has 0 spiro atoms. The van der Waals surface area contributed by atoms with Gasteiger partial charge < -0.3 is 10.4 Å². The third-order valence-electron chi connectivity index (χ3n) is 3.73. The van der Waals surface area contributed by atoms with Crippen LogP contribution >= 0.6 is 11.6 Å². The van der Waals surface area contributed by atoms with Crippen molar-refractivity contribution in [1.29, 1.82) is 5.26 Å². The molecule has 0 aromatic heterocycles. The molecule has 2 rings (SSSR count).